The van der Waals surface area contributed by atoms with Gasteiger partial charge in [0.2, 0.25) is 5.91 Å². The highest BCUT2D eigenvalue weighted by Gasteiger charge is 2.26. The summed E-state index contributed by atoms with van der Waals surface area (Å²) in [5.74, 6) is 1.60. The van der Waals surface area contributed by atoms with Crippen LogP contribution in [0.5, 0.6) is 11.7 Å². The van der Waals surface area contributed by atoms with E-state index in [-0.39, 0.29) is 11.8 Å². The molecule has 2 aromatic rings. The Morgan fingerprint density at radius 3 is 2.83 bits per heavy atom. The molecule has 1 atom stereocenters. The zero-order chi connectivity index (χ0) is 20.6. The first-order valence-electron chi connectivity index (χ1n) is 9.91. The highest BCUT2D eigenvalue weighted by Crippen LogP contribution is 2.24. The van der Waals surface area contributed by atoms with E-state index in [0.29, 0.717) is 43.7 Å². The van der Waals surface area contributed by atoms with Gasteiger partial charge in [0.1, 0.15) is 5.75 Å². The van der Waals surface area contributed by atoms with Crippen molar-refractivity contribution in [3.63, 3.8) is 0 Å². The van der Waals surface area contributed by atoms with E-state index in [4.69, 9.17) is 13.9 Å². The van der Waals surface area contributed by atoms with E-state index in [2.05, 4.69) is 5.32 Å². The van der Waals surface area contributed by atoms with Crippen molar-refractivity contribution >= 4 is 11.8 Å². The molecule has 0 saturated carbocycles. The van der Waals surface area contributed by atoms with Crippen LogP contribution in [-0.2, 0) is 11.3 Å². The van der Waals surface area contributed by atoms with Gasteiger partial charge in [0, 0.05) is 32.1 Å². The molecule has 0 unspecified atom stereocenters. The fourth-order valence-electron chi connectivity index (χ4n) is 3.59. The maximum atomic E-state index is 12.6. The molecule has 156 valence electrons. The predicted octanol–water partition coefficient (Wildman–Crippen LogP) is 3.25. The molecule has 1 aliphatic rings. The average molecular weight is 400 g/mol. The number of methoxy groups -OCH3 is 2. The second kappa shape index (κ2) is 10.0. The smallest absolute Gasteiger partial charge is 0.289 e. The minimum atomic E-state index is -0.125. The van der Waals surface area contributed by atoms with E-state index < -0.39 is 0 Å². The summed E-state index contributed by atoms with van der Waals surface area (Å²) < 4.78 is 15.6. The van der Waals surface area contributed by atoms with Crippen molar-refractivity contribution < 1.29 is 23.5 Å². The van der Waals surface area contributed by atoms with Crippen LogP contribution in [0, 0.1) is 5.92 Å². The van der Waals surface area contributed by atoms with Crippen LogP contribution in [0.3, 0.4) is 0 Å². The number of ether oxygens (including phenoxy) is 2. The Morgan fingerprint density at radius 1 is 1.21 bits per heavy atom. The van der Waals surface area contributed by atoms with Crippen LogP contribution in [0.2, 0.25) is 0 Å². The Morgan fingerprint density at radius 2 is 2.07 bits per heavy atom. The number of piperidine rings is 1. The molecule has 29 heavy (non-hydrogen) atoms. The van der Waals surface area contributed by atoms with Crippen LogP contribution < -0.4 is 14.8 Å². The van der Waals surface area contributed by atoms with Gasteiger partial charge in [-0.1, -0.05) is 12.1 Å². The Balaban J connectivity index is 1.44. The average Bonchev–Trinajstić information content (AvgIpc) is 3.25. The molecule has 0 radical (unpaired) electrons. The lowest BCUT2D eigenvalue weighted by molar-refractivity contribution is -0.121. The van der Waals surface area contributed by atoms with Crippen molar-refractivity contribution in [1.29, 1.82) is 0 Å². The van der Waals surface area contributed by atoms with Crippen LogP contribution in [0.15, 0.2) is 40.8 Å². The summed E-state index contributed by atoms with van der Waals surface area (Å²) in [5.41, 5.74) is 1.00. The van der Waals surface area contributed by atoms with Crippen molar-refractivity contribution in [3.8, 4) is 11.7 Å². The summed E-state index contributed by atoms with van der Waals surface area (Å²) in [6.45, 7) is 1.83. The van der Waals surface area contributed by atoms with Crippen LogP contribution in [0.4, 0.5) is 0 Å². The van der Waals surface area contributed by atoms with Crippen LogP contribution in [0.25, 0.3) is 0 Å². The van der Waals surface area contributed by atoms with E-state index in [9.17, 15) is 9.59 Å². The van der Waals surface area contributed by atoms with Crippen molar-refractivity contribution in [2.45, 2.75) is 32.2 Å². The number of hydrogen-bond acceptors (Lipinski definition) is 5. The van der Waals surface area contributed by atoms with E-state index in [1.54, 1.807) is 24.1 Å². The maximum Gasteiger partial charge on any atom is 0.289 e. The number of carbonyl (C=O) groups is 2. The number of nitrogens with zero attached hydrogens (tertiary/aromatic N) is 1. The second-order valence-corrected chi connectivity index (χ2v) is 7.25. The van der Waals surface area contributed by atoms with Gasteiger partial charge in [-0.3, -0.25) is 9.59 Å². The third-order valence-electron chi connectivity index (χ3n) is 5.20. The molecule has 1 N–H and O–H groups in total. The van der Waals surface area contributed by atoms with Gasteiger partial charge >= 0.3 is 0 Å². The Hall–Kier alpha value is -2.96. The number of nitrogens with one attached hydrogen (secondary N) is 1. The van der Waals surface area contributed by atoms with Gasteiger partial charge in [-0.05, 0) is 48.9 Å². The van der Waals surface area contributed by atoms with Gasteiger partial charge in [0.25, 0.3) is 11.9 Å². The first kappa shape index (κ1) is 20.8. The fourth-order valence-corrected chi connectivity index (χ4v) is 3.59. The van der Waals surface area contributed by atoms with Gasteiger partial charge in [-0.15, -0.1) is 0 Å². The number of furan rings is 1. The third-order valence-corrected chi connectivity index (χ3v) is 5.20. The van der Waals surface area contributed by atoms with Gasteiger partial charge in [0.05, 0.1) is 14.2 Å². The van der Waals surface area contributed by atoms with E-state index >= 15 is 0 Å². The monoisotopic (exact) mass is 400 g/mol. The number of rotatable bonds is 8. The molecule has 0 aliphatic carbocycles. The van der Waals surface area contributed by atoms with Crippen molar-refractivity contribution in [1.82, 2.24) is 10.2 Å². The Bertz CT molecular complexity index is 832. The number of hydrogen-bond donors (Lipinski definition) is 1. The molecule has 1 aromatic carbocycles. The lowest BCUT2D eigenvalue weighted by Crippen LogP contribution is -2.40. The zero-order valence-electron chi connectivity index (χ0n) is 17.0. The molecule has 2 heterocycles. The summed E-state index contributed by atoms with van der Waals surface area (Å²) in [6.07, 6.45) is 3.16. The molecule has 7 nitrogen and oxygen atoms in total. The zero-order valence-corrected chi connectivity index (χ0v) is 17.0. The summed E-state index contributed by atoms with van der Waals surface area (Å²) >= 11 is 0. The number of likely N-dealkylation sites (tertiary alicyclic amines) is 1. The SMILES string of the molecule is COc1cccc(CNC(=O)CC[C@@H]2CCCN(C(=O)c3ccc(OC)o3)C2)c1. The lowest BCUT2D eigenvalue weighted by Gasteiger charge is -2.32. The number of carbonyl (C=O) groups excluding carboxylic acids is 2. The van der Waals surface area contributed by atoms with Crippen LogP contribution >= 0.6 is 0 Å². The van der Waals surface area contributed by atoms with Crippen LogP contribution in [-0.4, -0.2) is 44.0 Å². The first-order valence-corrected chi connectivity index (χ1v) is 9.91. The highest BCUT2D eigenvalue weighted by molar-refractivity contribution is 5.91. The van der Waals surface area contributed by atoms with Gasteiger partial charge in [0.15, 0.2) is 5.76 Å². The summed E-state index contributed by atoms with van der Waals surface area (Å²) in [6, 6.07) is 10.9. The summed E-state index contributed by atoms with van der Waals surface area (Å²) in [4.78, 5) is 26.7. The maximum absolute atomic E-state index is 12.6. The van der Waals surface area contributed by atoms with Crippen molar-refractivity contribution in [2.24, 2.45) is 5.92 Å². The predicted molar refractivity (Wildman–Crippen MR) is 108 cm³/mol. The van der Waals surface area contributed by atoms with Gasteiger partial charge in [-0.2, -0.15) is 0 Å². The molecule has 0 bridgehead atoms. The molecule has 3 rings (SSSR count). The van der Waals surface area contributed by atoms with Gasteiger partial charge in [-0.25, -0.2) is 0 Å². The summed E-state index contributed by atoms with van der Waals surface area (Å²) in [7, 11) is 3.13. The normalized spacial score (nSPS) is 16.3. The molecule has 1 fully saturated rings. The van der Waals surface area contributed by atoms with Gasteiger partial charge < -0.3 is 24.1 Å². The van der Waals surface area contributed by atoms with E-state index in [1.165, 1.54) is 7.11 Å². The number of amides is 2. The Labute approximate surface area is 171 Å². The fraction of sp³-hybridized carbons (Fsp3) is 0.455. The minimum absolute atomic E-state index is 0.0204. The van der Waals surface area contributed by atoms with Crippen molar-refractivity contribution in [3.05, 3.63) is 47.7 Å². The molecule has 0 spiro atoms. The van der Waals surface area contributed by atoms with E-state index in [1.807, 2.05) is 24.3 Å². The van der Waals surface area contributed by atoms with Crippen molar-refractivity contribution in [2.75, 3.05) is 27.3 Å². The third kappa shape index (κ3) is 5.76. The molecule has 2 amide bonds. The quantitative estimate of drug-likeness (QED) is 0.736. The lowest BCUT2D eigenvalue weighted by atomic mass is 9.93. The minimum Gasteiger partial charge on any atom is -0.497 e. The molecular formula is C22H28N2O5. The molecular weight excluding hydrogens is 372 g/mol. The summed E-state index contributed by atoms with van der Waals surface area (Å²) in [5, 5.41) is 2.95. The largest absolute Gasteiger partial charge is 0.497 e. The Kier molecular flexibility index (Phi) is 7.16. The molecule has 7 heteroatoms. The first-order chi connectivity index (χ1) is 14.1. The molecule has 1 aliphatic heterocycles. The number of benzene rings is 1. The standard InChI is InChI=1S/C22H28N2O5/c1-27-18-7-3-5-17(13-18)14-23-20(25)10-8-16-6-4-12-24(15-16)22(26)19-9-11-21(28-2)29-19/h3,5,7,9,11,13,16H,4,6,8,10,12,14-15H2,1-2H3,(H,23,25)/t16-/m0/s1. The topological polar surface area (TPSA) is 81.0 Å². The highest BCUT2D eigenvalue weighted by atomic mass is 16.6. The molecule has 1 saturated heterocycles. The molecule has 1 aromatic heterocycles. The van der Waals surface area contributed by atoms with E-state index in [0.717, 1.165) is 30.6 Å². The second-order valence-electron chi connectivity index (χ2n) is 7.25. The van der Waals surface area contributed by atoms with Crippen LogP contribution in [0.1, 0.15) is 41.8 Å².